The van der Waals surface area contributed by atoms with Gasteiger partial charge in [0.05, 0.1) is 6.04 Å². The van der Waals surface area contributed by atoms with E-state index in [-0.39, 0.29) is 24.4 Å². The second-order valence-electron chi connectivity index (χ2n) is 5.80. The van der Waals surface area contributed by atoms with Crippen LogP contribution in [0.2, 0.25) is 0 Å². The molecule has 1 aromatic carbocycles. The van der Waals surface area contributed by atoms with Crippen LogP contribution in [-0.2, 0) is 9.59 Å². The van der Waals surface area contributed by atoms with Crippen molar-refractivity contribution in [3.8, 4) is 0 Å². The maximum absolute atomic E-state index is 12.9. The van der Waals surface area contributed by atoms with Crippen LogP contribution in [0.5, 0.6) is 0 Å². The summed E-state index contributed by atoms with van der Waals surface area (Å²) >= 11 is 0. The normalized spacial score (nSPS) is 19.3. The van der Waals surface area contributed by atoms with Crippen LogP contribution in [0.1, 0.15) is 50.8 Å². The molecule has 1 atom stereocenters. The molecule has 0 aliphatic carbocycles. The minimum atomic E-state index is -0.744. The fraction of sp³-hybridized carbons (Fsp3) is 0.529. The largest absolute Gasteiger partial charge is 0.340 e. The van der Waals surface area contributed by atoms with Crippen molar-refractivity contribution in [2.75, 3.05) is 6.54 Å². The van der Waals surface area contributed by atoms with Crippen molar-refractivity contribution in [2.45, 2.75) is 52.1 Å². The van der Waals surface area contributed by atoms with Crippen LogP contribution >= 0.6 is 0 Å². The molecule has 1 fully saturated rings. The van der Waals surface area contributed by atoms with Crippen molar-refractivity contribution in [1.29, 1.82) is 0 Å². The monoisotopic (exact) mass is 288 g/mol. The van der Waals surface area contributed by atoms with E-state index in [0.29, 0.717) is 12.8 Å². The average molecular weight is 288 g/mol. The van der Waals surface area contributed by atoms with Crippen molar-refractivity contribution in [2.24, 2.45) is 0 Å². The van der Waals surface area contributed by atoms with Crippen LogP contribution in [0.3, 0.4) is 0 Å². The van der Waals surface area contributed by atoms with E-state index in [2.05, 4.69) is 5.32 Å². The van der Waals surface area contributed by atoms with Gasteiger partial charge in [-0.3, -0.25) is 9.59 Å². The summed E-state index contributed by atoms with van der Waals surface area (Å²) in [6.07, 6.45) is 1.23. The number of benzene rings is 1. The Morgan fingerprint density at radius 1 is 1.24 bits per heavy atom. The Hall–Kier alpha value is -1.84. The van der Waals surface area contributed by atoms with Crippen molar-refractivity contribution in [3.05, 3.63) is 35.4 Å². The Morgan fingerprint density at radius 2 is 1.86 bits per heavy atom. The molecule has 1 heterocycles. The lowest BCUT2D eigenvalue weighted by molar-refractivity contribution is -0.152. The molecule has 1 aliphatic rings. The summed E-state index contributed by atoms with van der Waals surface area (Å²) in [5, 5.41) is 2.90. The Balaban J connectivity index is 2.36. The third-order valence-corrected chi connectivity index (χ3v) is 4.68. The molecule has 114 valence electrons. The average Bonchev–Trinajstić information content (AvgIpc) is 2.49. The van der Waals surface area contributed by atoms with Gasteiger partial charge in [0, 0.05) is 0 Å². The summed E-state index contributed by atoms with van der Waals surface area (Å²) in [5.41, 5.74) is 1.50. The van der Waals surface area contributed by atoms with E-state index in [0.717, 1.165) is 11.1 Å². The van der Waals surface area contributed by atoms with Gasteiger partial charge < -0.3 is 10.2 Å². The zero-order chi connectivity index (χ0) is 15.6. The molecular weight excluding hydrogens is 264 g/mol. The minimum Gasteiger partial charge on any atom is -0.340 e. The molecule has 1 aromatic rings. The molecule has 0 radical (unpaired) electrons. The van der Waals surface area contributed by atoms with Crippen LogP contribution in [-0.4, -0.2) is 28.8 Å². The number of piperazine rings is 1. The summed E-state index contributed by atoms with van der Waals surface area (Å²) in [6.45, 7) is 8.06. The fourth-order valence-corrected chi connectivity index (χ4v) is 3.13. The highest BCUT2D eigenvalue weighted by Gasteiger charge is 2.45. The molecule has 1 unspecified atom stereocenters. The number of carbonyl (C=O) groups is 2. The van der Waals surface area contributed by atoms with Gasteiger partial charge >= 0.3 is 0 Å². The molecule has 1 aliphatic heterocycles. The van der Waals surface area contributed by atoms with Crippen LogP contribution < -0.4 is 5.32 Å². The molecule has 2 amide bonds. The molecule has 4 heteroatoms. The zero-order valence-corrected chi connectivity index (χ0v) is 13.3. The first-order valence-electron chi connectivity index (χ1n) is 7.62. The highest BCUT2D eigenvalue weighted by Crippen LogP contribution is 2.30. The SMILES string of the molecule is CCC1(CC)NC(=O)CN(C(C)c2ccccc2C)C1=O. The van der Waals surface area contributed by atoms with Gasteiger partial charge in [-0.25, -0.2) is 0 Å². The molecule has 21 heavy (non-hydrogen) atoms. The van der Waals surface area contributed by atoms with E-state index < -0.39 is 5.54 Å². The second kappa shape index (κ2) is 5.88. The first-order valence-corrected chi connectivity index (χ1v) is 7.62. The van der Waals surface area contributed by atoms with Crippen molar-refractivity contribution < 1.29 is 9.59 Å². The third-order valence-electron chi connectivity index (χ3n) is 4.68. The van der Waals surface area contributed by atoms with Gasteiger partial charge in [0.2, 0.25) is 11.8 Å². The topological polar surface area (TPSA) is 49.4 Å². The number of nitrogens with zero attached hydrogens (tertiary/aromatic N) is 1. The van der Waals surface area contributed by atoms with E-state index in [9.17, 15) is 9.59 Å². The lowest BCUT2D eigenvalue weighted by Crippen LogP contribution is -2.66. The van der Waals surface area contributed by atoms with Crippen LogP contribution in [0.15, 0.2) is 24.3 Å². The van der Waals surface area contributed by atoms with Gasteiger partial charge in [-0.05, 0) is 37.8 Å². The lowest BCUT2D eigenvalue weighted by Gasteiger charge is -2.43. The molecule has 0 bridgehead atoms. The highest BCUT2D eigenvalue weighted by atomic mass is 16.2. The zero-order valence-electron chi connectivity index (χ0n) is 13.3. The highest BCUT2D eigenvalue weighted by molar-refractivity contribution is 5.98. The smallest absolute Gasteiger partial charge is 0.249 e. The second-order valence-corrected chi connectivity index (χ2v) is 5.80. The maximum Gasteiger partial charge on any atom is 0.249 e. The van der Waals surface area contributed by atoms with E-state index in [1.165, 1.54) is 0 Å². The summed E-state index contributed by atoms with van der Waals surface area (Å²) in [5.74, 6) is -0.0402. The van der Waals surface area contributed by atoms with Crippen molar-refractivity contribution in [1.82, 2.24) is 10.2 Å². The predicted molar refractivity (Wildman–Crippen MR) is 82.8 cm³/mol. The van der Waals surface area contributed by atoms with E-state index in [4.69, 9.17) is 0 Å². The number of carbonyl (C=O) groups excluding carboxylic acids is 2. The molecule has 1 saturated heterocycles. The number of amides is 2. The summed E-state index contributed by atoms with van der Waals surface area (Å²) < 4.78 is 0. The van der Waals surface area contributed by atoms with Crippen LogP contribution in [0.25, 0.3) is 0 Å². The van der Waals surface area contributed by atoms with Gasteiger partial charge in [-0.2, -0.15) is 0 Å². The Bertz CT molecular complexity index is 549. The van der Waals surface area contributed by atoms with Gasteiger partial charge in [0.15, 0.2) is 0 Å². The standard InChI is InChI=1S/C17H24N2O2/c1-5-17(6-2)16(21)19(11-15(20)18-17)13(4)14-10-8-7-9-12(14)3/h7-10,13H,5-6,11H2,1-4H3,(H,18,20). The van der Waals surface area contributed by atoms with Gasteiger partial charge in [-0.15, -0.1) is 0 Å². The molecule has 0 spiro atoms. The summed E-state index contributed by atoms with van der Waals surface area (Å²) in [6, 6.07) is 7.92. The van der Waals surface area contributed by atoms with Gasteiger partial charge in [-0.1, -0.05) is 38.1 Å². The number of hydrogen-bond acceptors (Lipinski definition) is 2. The summed E-state index contributed by atoms with van der Waals surface area (Å²) in [4.78, 5) is 26.7. The quantitative estimate of drug-likeness (QED) is 0.925. The van der Waals surface area contributed by atoms with Crippen molar-refractivity contribution in [3.63, 3.8) is 0 Å². The molecule has 2 rings (SSSR count). The minimum absolute atomic E-state index is 0.0304. The van der Waals surface area contributed by atoms with Crippen LogP contribution in [0, 0.1) is 6.92 Å². The number of aryl methyl sites for hydroxylation is 1. The predicted octanol–water partition coefficient (Wildman–Crippen LogP) is 2.57. The van der Waals surface area contributed by atoms with E-state index in [1.54, 1.807) is 4.90 Å². The Labute approximate surface area is 126 Å². The van der Waals surface area contributed by atoms with Crippen molar-refractivity contribution >= 4 is 11.8 Å². The van der Waals surface area contributed by atoms with E-state index >= 15 is 0 Å². The molecular formula is C17H24N2O2. The molecule has 1 N–H and O–H groups in total. The maximum atomic E-state index is 12.9. The number of nitrogens with one attached hydrogen (secondary N) is 1. The molecule has 0 aromatic heterocycles. The lowest BCUT2D eigenvalue weighted by atomic mass is 9.87. The first-order chi connectivity index (χ1) is 9.95. The van der Waals surface area contributed by atoms with Gasteiger partial charge in [0.1, 0.15) is 12.1 Å². The van der Waals surface area contributed by atoms with Gasteiger partial charge in [0.25, 0.3) is 0 Å². The number of rotatable bonds is 4. The third kappa shape index (κ3) is 2.67. The first kappa shape index (κ1) is 15.5. The summed E-state index contributed by atoms with van der Waals surface area (Å²) in [7, 11) is 0. The van der Waals surface area contributed by atoms with Crippen LogP contribution in [0.4, 0.5) is 0 Å². The molecule has 0 saturated carbocycles. The van der Waals surface area contributed by atoms with E-state index in [1.807, 2.05) is 52.0 Å². The number of hydrogen-bond donors (Lipinski definition) is 1. The molecule has 4 nitrogen and oxygen atoms in total. The fourth-order valence-electron chi connectivity index (χ4n) is 3.13. The Kier molecular flexibility index (Phi) is 4.35. The Morgan fingerprint density at radius 3 is 2.43 bits per heavy atom.